The summed E-state index contributed by atoms with van der Waals surface area (Å²) in [6.07, 6.45) is 1.62. The van der Waals surface area contributed by atoms with Crippen molar-refractivity contribution in [3.05, 3.63) is 71.9 Å². The van der Waals surface area contributed by atoms with Crippen LogP contribution in [0.5, 0.6) is 28.9 Å². The van der Waals surface area contributed by atoms with Crippen molar-refractivity contribution in [1.82, 2.24) is 14.8 Å². The van der Waals surface area contributed by atoms with Crippen molar-refractivity contribution in [3.8, 4) is 28.9 Å². The summed E-state index contributed by atoms with van der Waals surface area (Å²) in [5, 5.41) is 0. The van der Waals surface area contributed by atoms with E-state index in [4.69, 9.17) is 18.9 Å². The number of pyridine rings is 1. The average molecular weight is 478 g/mol. The highest BCUT2D eigenvalue weighted by Gasteiger charge is 2.23. The Kier molecular flexibility index (Phi) is 8.05. The van der Waals surface area contributed by atoms with E-state index < -0.39 is 0 Å². The molecule has 0 saturated carbocycles. The number of amides is 1. The van der Waals surface area contributed by atoms with Crippen LogP contribution < -0.4 is 18.9 Å². The van der Waals surface area contributed by atoms with Gasteiger partial charge in [-0.05, 0) is 37.3 Å². The summed E-state index contributed by atoms with van der Waals surface area (Å²) >= 11 is 0. The Morgan fingerprint density at radius 2 is 1.77 bits per heavy atom. The Morgan fingerprint density at radius 3 is 2.54 bits per heavy atom. The van der Waals surface area contributed by atoms with E-state index in [2.05, 4.69) is 9.88 Å². The molecule has 0 fully saturated rings. The van der Waals surface area contributed by atoms with Gasteiger partial charge in [0.15, 0.2) is 23.0 Å². The highest BCUT2D eigenvalue weighted by Crippen LogP contribution is 2.33. The number of rotatable bonds is 5. The van der Waals surface area contributed by atoms with Crippen LogP contribution in [0.25, 0.3) is 0 Å². The van der Waals surface area contributed by atoms with Crippen molar-refractivity contribution >= 4 is 5.91 Å². The van der Waals surface area contributed by atoms with Crippen molar-refractivity contribution < 1.29 is 23.7 Å². The maximum atomic E-state index is 13.5. The summed E-state index contributed by atoms with van der Waals surface area (Å²) in [4.78, 5) is 21.8. The third kappa shape index (κ3) is 5.66. The summed E-state index contributed by atoms with van der Waals surface area (Å²) in [5.41, 5.74) is 1.42. The van der Waals surface area contributed by atoms with Crippen LogP contribution >= 0.6 is 0 Å². The lowest BCUT2D eigenvalue weighted by molar-refractivity contribution is 0.0736. The Morgan fingerprint density at radius 1 is 0.943 bits per heavy atom. The SMILES string of the molecule is CCN1CCN(Cc2cccc(OC)c2OC)CCOc2ccccc2Oc2ncccc2C1=O. The summed E-state index contributed by atoms with van der Waals surface area (Å²) in [6, 6.07) is 16.8. The van der Waals surface area contributed by atoms with Crippen LogP contribution in [-0.4, -0.2) is 67.7 Å². The number of aromatic nitrogens is 1. The smallest absolute Gasteiger partial charge is 0.259 e. The molecular weight excluding hydrogens is 446 g/mol. The van der Waals surface area contributed by atoms with Gasteiger partial charge in [0.05, 0.1) is 14.2 Å². The van der Waals surface area contributed by atoms with Crippen LogP contribution in [0, 0.1) is 0 Å². The van der Waals surface area contributed by atoms with Gasteiger partial charge in [0, 0.05) is 44.5 Å². The summed E-state index contributed by atoms with van der Waals surface area (Å²) in [7, 11) is 3.27. The molecule has 0 aliphatic carbocycles. The lowest BCUT2D eigenvalue weighted by Gasteiger charge is -2.28. The molecular formula is C27H31N3O5. The molecule has 0 atom stereocenters. The minimum atomic E-state index is -0.118. The molecule has 2 heterocycles. The van der Waals surface area contributed by atoms with E-state index >= 15 is 0 Å². The predicted molar refractivity (Wildman–Crippen MR) is 133 cm³/mol. The van der Waals surface area contributed by atoms with E-state index in [1.165, 1.54) is 0 Å². The van der Waals surface area contributed by atoms with Crippen LogP contribution in [0.2, 0.25) is 0 Å². The van der Waals surface area contributed by atoms with Crippen molar-refractivity contribution in [2.75, 3.05) is 47.0 Å². The Balaban J connectivity index is 1.66. The molecule has 1 aliphatic rings. The van der Waals surface area contributed by atoms with Crippen LogP contribution in [0.15, 0.2) is 60.8 Å². The number of nitrogens with zero attached hydrogens (tertiary/aromatic N) is 3. The minimum Gasteiger partial charge on any atom is -0.493 e. The fraction of sp³-hybridized carbons (Fsp3) is 0.333. The van der Waals surface area contributed by atoms with Gasteiger partial charge >= 0.3 is 0 Å². The maximum Gasteiger partial charge on any atom is 0.259 e. The van der Waals surface area contributed by atoms with Gasteiger partial charge in [-0.2, -0.15) is 0 Å². The molecule has 0 spiro atoms. The monoisotopic (exact) mass is 477 g/mol. The summed E-state index contributed by atoms with van der Waals surface area (Å²) in [6.45, 7) is 5.45. The van der Waals surface area contributed by atoms with E-state index in [0.29, 0.717) is 67.9 Å². The number of carbonyl (C=O) groups is 1. The fourth-order valence-electron chi connectivity index (χ4n) is 4.10. The average Bonchev–Trinajstić information content (AvgIpc) is 2.90. The van der Waals surface area contributed by atoms with Gasteiger partial charge in [0.25, 0.3) is 5.91 Å². The van der Waals surface area contributed by atoms with Crippen LogP contribution in [0.3, 0.4) is 0 Å². The lowest BCUT2D eigenvalue weighted by Crippen LogP contribution is -2.39. The van der Waals surface area contributed by atoms with Gasteiger partial charge in [0.1, 0.15) is 12.2 Å². The number of para-hydroxylation sites is 3. The van der Waals surface area contributed by atoms with E-state index in [1.54, 1.807) is 32.5 Å². The van der Waals surface area contributed by atoms with Crippen LogP contribution in [0.1, 0.15) is 22.8 Å². The maximum absolute atomic E-state index is 13.5. The normalized spacial score (nSPS) is 14.8. The first-order valence-corrected chi connectivity index (χ1v) is 11.7. The molecule has 0 saturated heterocycles. The molecule has 8 nitrogen and oxygen atoms in total. The first kappa shape index (κ1) is 24.3. The second-order valence-electron chi connectivity index (χ2n) is 8.07. The molecule has 4 rings (SSSR count). The number of fused-ring (bicyclic) bond motifs is 2. The van der Waals surface area contributed by atoms with Gasteiger partial charge in [-0.25, -0.2) is 4.98 Å². The second kappa shape index (κ2) is 11.6. The quantitative estimate of drug-likeness (QED) is 0.544. The van der Waals surface area contributed by atoms with Gasteiger partial charge in [-0.1, -0.05) is 24.3 Å². The number of hydrogen-bond donors (Lipinski definition) is 0. The molecule has 0 unspecified atom stereocenters. The molecule has 2 aromatic carbocycles. The molecule has 1 aliphatic heterocycles. The Labute approximate surface area is 206 Å². The molecule has 0 N–H and O–H groups in total. The number of ether oxygens (including phenoxy) is 4. The molecule has 3 aromatic rings. The highest BCUT2D eigenvalue weighted by molar-refractivity contribution is 5.96. The standard InChI is InChI=1S/C27H31N3O5/c1-4-30-16-15-29(19-20-9-7-13-24(32-2)25(20)33-3)17-18-34-22-11-5-6-12-23(22)35-26-21(27(30)31)10-8-14-28-26/h5-14H,4,15-19H2,1-3H3. The number of methoxy groups -OCH3 is 2. The molecule has 1 amide bonds. The number of carbonyl (C=O) groups excluding carboxylic acids is 1. The van der Waals surface area contributed by atoms with Gasteiger partial charge < -0.3 is 23.8 Å². The van der Waals surface area contributed by atoms with Crippen molar-refractivity contribution in [2.45, 2.75) is 13.5 Å². The second-order valence-corrected chi connectivity index (χ2v) is 8.07. The van der Waals surface area contributed by atoms with Gasteiger partial charge in [-0.15, -0.1) is 0 Å². The van der Waals surface area contributed by atoms with Gasteiger partial charge in [-0.3, -0.25) is 9.69 Å². The highest BCUT2D eigenvalue weighted by atomic mass is 16.5. The van der Waals surface area contributed by atoms with Gasteiger partial charge in [0.2, 0.25) is 5.88 Å². The molecule has 35 heavy (non-hydrogen) atoms. The van der Waals surface area contributed by atoms with Crippen molar-refractivity contribution in [3.63, 3.8) is 0 Å². The first-order chi connectivity index (χ1) is 17.1. The molecule has 0 radical (unpaired) electrons. The van der Waals surface area contributed by atoms with E-state index in [1.807, 2.05) is 54.3 Å². The van der Waals surface area contributed by atoms with Crippen LogP contribution in [-0.2, 0) is 6.54 Å². The third-order valence-electron chi connectivity index (χ3n) is 5.96. The summed E-state index contributed by atoms with van der Waals surface area (Å²) < 4.78 is 23.3. The van der Waals surface area contributed by atoms with E-state index in [0.717, 1.165) is 5.56 Å². The zero-order chi connectivity index (χ0) is 24.6. The minimum absolute atomic E-state index is 0.118. The first-order valence-electron chi connectivity index (χ1n) is 11.7. The van der Waals surface area contributed by atoms with Crippen molar-refractivity contribution in [2.24, 2.45) is 0 Å². The zero-order valence-electron chi connectivity index (χ0n) is 20.4. The van der Waals surface area contributed by atoms with Crippen LogP contribution in [0.4, 0.5) is 0 Å². The summed E-state index contributed by atoms with van der Waals surface area (Å²) in [5.74, 6) is 2.66. The third-order valence-corrected chi connectivity index (χ3v) is 5.96. The molecule has 184 valence electrons. The molecule has 8 heteroatoms. The Bertz CT molecular complexity index is 1150. The fourth-order valence-corrected chi connectivity index (χ4v) is 4.10. The largest absolute Gasteiger partial charge is 0.493 e. The molecule has 1 aromatic heterocycles. The lowest BCUT2D eigenvalue weighted by atomic mass is 10.1. The number of benzene rings is 2. The zero-order valence-corrected chi connectivity index (χ0v) is 20.4. The van der Waals surface area contributed by atoms with E-state index in [9.17, 15) is 4.79 Å². The number of likely N-dealkylation sites (N-methyl/N-ethyl adjacent to an activating group) is 1. The van der Waals surface area contributed by atoms with E-state index in [-0.39, 0.29) is 11.8 Å². The Hall–Kier alpha value is -3.78. The predicted octanol–water partition coefficient (Wildman–Crippen LogP) is 4.25. The van der Waals surface area contributed by atoms with Crippen molar-refractivity contribution in [1.29, 1.82) is 0 Å². The number of hydrogen-bond acceptors (Lipinski definition) is 7. The molecule has 0 bridgehead atoms. The topological polar surface area (TPSA) is 73.4 Å².